The fourth-order valence-corrected chi connectivity index (χ4v) is 2.00. The zero-order valence-corrected chi connectivity index (χ0v) is 9.67. The van der Waals surface area contributed by atoms with Gasteiger partial charge in [-0.05, 0) is 6.42 Å². The van der Waals surface area contributed by atoms with E-state index < -0.39 is 0 Å². The first-order chi connectivity index (χ1) is 7.71. The molecule has 0 amide bonds. The number of aliphatic hydroxyl groups excluding tert-OH is 1. The quantitative estimate of drug-likeness (QED) is 0.259. The maximum atomic E-state index is 9.05. The molecule has 0 aromatic rings. The van der Waals surface area contributed by atoms with Gasteiger partial charge in [0.1, 0.15) is 5.84 Å². The minimum absolute atomic E-state index is 0.0382. The number of morpholine rings is 1. The third-order valence-electron chi connectivity index (χ3n) is 2.93. The maximum absolute atomic E-state index is 9.05. The van der Waals surface area contributed by atoms with Crippen molar-refractivity contribution in [2.24, 2.45) is 10.9 Å². The Labute approximate surface area is 95.7 Å². The first-order valence-electron chi connectivity index (χ1n) is 5.64. The molecule has 6 heteroatoms. The second-order valence-electron chi connectivity index (χ2n) is 4.03. The molecule has 1 aliphatic rings. The van der Waals surface area contributed by atoms with E-state index in [1.54, 1.807) is 0 Å². The smallest absolute Gasteiger partial charge is 0.140 e. The van der Waals surface area contributed by atoms with Crippen molar-refractivity contribution in [2.45, 2.75) is 31.9 Å². The van der Waals surface area contributed by atoms with Crippen LogP contribution in [-0.4, -0.2) is 59.5 Å². The highest BCUT2D eigenvalue weighted by Crippen LogP contribution is 2.14. The van der Waals surface area contributed by atoms with E-state index in [1.165, 1.54) is 0 Å². The van der Waals surface area contributed by atoms with E-state index in [-0.39, 0.29) is 24.6 Å². The summed E-state index contributed by atoms with van der Waals surface area (Å²) < 4.78 is 5.38. The Hall–Kier alpha value is -0.850. The van der Waals surface area contributed by atoms with E-state index in [2.05, 4.69) is 17.0 Å². The third kappa shape index (κ3) is 3.62. The van der Waals surface area contributed by atoms with Crippen LogP contribution in [0.5, 0.6) is 0 Å². The number of oxime groups is 1. The van der Waals surface area contributed by atoms with Crippen molar-refractivity contribution in [1.82, 2.24) is 4.90 Å². The van der Waals surface area contributed by atoms with Gasteiger partial charge >= 0.3 is 0 Å². The van der Waals surface area contributed by atoms with E-state index in [0.29, 0.717) is 19.6 Å². The van der Waals surface area contributed by atoms with Crippen molar-refractivity contribution < 1.29 is 15.1 Å². The van der Waals surface area contributed by atoms with Gasteiger partial charge in [-0.25, -0.2) is 0 Å². The van der Waals surface area contributed by atoms with Crippen molar-refractivity contribution in [3.63, 3.8) is 0 Å². The molecular formula is C10H21N3O3. The Kier molecular flexibility index (Phi) is 5.51. The largest absolute Gasteiger partial charge is 0.409 e. The van der Waals surface area contributed by atoms with Crippen LogP contribution in [0.3, 0.4) is 0 Å². The highest BCUT2D eigenvalue weighted by atomic mass is 16.5. The van der Waals surface area contributed by atoms with Gasteiger partial charge in [-0.15, -0.1) is 0 Å². The van der Waals surface area contributed by atoms with Gasteiger partial charge in [0.15, 0.2) is 0 Å². The number of nitrogens with zero attached hydrogens (tertiary/aromatic N) is 2. The average molecular weight is 231 g/mol. The van der Waals surface area contributed by atoms with Crippen molar-refractivity contribution in [2.75, 3.05) is 26.3 Å². The molecule has 2 atom stereocenters. The summed E-state index contributed by atoms with van der Waals surface area (Å²) in [6.45, 7) is 4.26. The van der Waals surface area contributed by atoms with Crippen LogP contribution in [0.15, 0.2) is 5.16 Å². The van der Waals surface area contributed by atoms with Crippen LogP contribution >= 0.6 is 0 Å². The fourth-order valence-electron chi connectivity index (χ4n) is 2.00. The fraction of sp³-hybridized carbons (Fsp3) is 0.900. The van der Waals surface area contributed by atoms with Crippen LogP contribution in [0.25, 0.3) is 0 Å². The Morgan fingerprint density at radius 3 is 3.00 bits per heavy atom. The molecule has 1 fully saturated rings. The minimum Gasteiger partial charge on any atom is -0.409 e. The summed E-state index contributed by atoms with van der Waals surface area (Å²) in [5.74, 6) is 0.249. The predicted octanol–water partition coefficient (Wildman–Crippen LogP) is -0.405. The molecule has 1 rings (SSSR count). The molecule has 6 nitrogen and oxygen atoms in total. The summed E-state index contributed by atoms with van der Waals surface area (Å²) >= 11 is 0. The van der Waals surface area contributed by atoms with Crippen molar-refractivity contribution in [3.8, 4) is 0 Å². The van der Waals surface area contributed by atoms with Gasteiger partial charge in [0.2, 0.25) is 0 Å². The van der Waals surface area contributed by atoms with Gasteiger partial charge in [-0.1, -0.05) is 12.1 Å². The zero-order valence-electron chi connectivity index (χ0n) is 9.67. The van der Waals surface area contributed by atoms with Gasteiger partial charge in [0.05, 0.1) is 19.3 Å². The van der Waals surface area contributed by atoms with Gasteiger partial charge in [-0.2, -0.15) is 0 Å². The highest BCUT2D eigenvalue weighted by molar-refractivity contribution is 5.80. The molecule has 0 aromatic carbocycles. The van der Waals surface area contributed by atoms with Crippen LogP contribution < -0.4 is 5.73 Å². The molecule has 0 saturated carbocycles. The van der Waals surface area contributed by atoms with Crippen molar-refractivity contribution in [3.05, 3.63) is 0 Å². The van der Waals surface area contributed by atoms with E-state index in [0.717, 1.165) is 13.0 Å². The van der Waals surface area contributed by atoms with Crippen molar-refractivity contribution in [1.29, 1.82) is 0 Å². The summed E-state index contributed by atoms with van der Waals surface area (Å²) in [5, 5.41) is 20.6. The molecule has 16 heavy (non-hydrogen) atoms. The molecule has 4 N–H and O–H groups in total. The van der Waals surface area contributed by atoms with Crippen LogP contribution in [0, 0.1) is 0 Å². The molecular weight excluding hydrogens is 210 g/mol. The topological polar surface area (TPSA) is 91.3 Å². The van der Waals surface area contributed by atoms with Gasteiger partial charge in [-0.3, -0.25) is 4.90 Å². The second kappa shape index (κ2) is 6.67. The lowest BCUT2D eigenvalue weighted by Crippen LogP contribution is -2.49. The molecule has 94 valence electrons. The summed E-state index contributed by atoms with van der Waals surface area (Å²) in [6, 6.07) is 0.244. The number of ether oxygens (including phenoxy) is 1. The number of aliphatic hydroxyl groups is 1. The molecule has 1 heterocycles. The Morgan fingerprint density at radius 1 is 1.69 bits per heavy atom. The molecule has 0 radical (unpaired) electrons. The number of hydrogen-bond donors (Lipinski definition) is 3. The Bertz CT molecular complexity index is 235. The van der Waals surface area contributed by atoms with Crippen molar-refractivity contribution >= 4 is 5.84 Å². The van der Waals surface area contributed by atoms with E-state index >= 15 is 0 Å². The molecule has 1 aliphatic heterocycles. The van der Waals surface area contributed by atoms with Crippen LogP contribution in [-0.2, 0) is 4.74 Å². The number of rotatable bonds is 5. The monoisotopic (exact) mass is 231 g/mol. The first kappa shape index (κ1) is 13.2. The Balaban J connectivity index is 2.51. The summed E-state index contributed by atoms with van der Waals surface area (Å²) in [7, 11) is 0. The van der Waals surface area contributed by atoms with Gasteiger partial charge in [0, 0.05) is 25.6 Å². The summed E-state index contributed by atoms with van der Waals surface area (Å²) in [6.07, 6.45) is 1.36. The van der Waals surface area contributed by atoms with Crippen LogP contribution in [0.4, 0.5) is 0 Å². The summed E-state index contributed by atoms with van der Waals surface area (Å²) in [5.41, 5.74) is 5.52. The SMILES string of the molecule is CCC(CC(N)=NO)N1CCOC(CO)C1. The number of nitrogens with two attached hydrogens (primary N) is 1. The molecule has 1 saturated heterocycles. The standard InChI is InChI=1S/C10H21N3O3/c1-2-8(5-10(11)12-15)13-3-4-16-9(6-13)7-14/h8-9,14-15H,2-7H2,1H3,(H2,11,12). The normalized spacial score (nSPS) is 25.6. The predicted molar refractivity (Wildman–Crippen MR) is 60.5 cm³/mol. The molecule has 2 unspecified atom stereocenters. The third-order valence-corrected chi connectivity index (χ3v) is 2.93. The van der Waals surface area contributed by atoms with Gasteiger partial charge < -0.3 is 20.8 Å². The zero-order chi connectivity index (χ0) is 12.0. The lowest BCUT2D eigenvalue weighted by atomic mass is 10.1. The molecule has 0 bridgehead atoms. The molecule has 0 aliphatic carbocycles. The van der Waals surface area contributed by atoms with Crippen LogP contribution in [0.2, 0.25) is 0 Å². The number of hydrogen-bond acceptors (Lipinski definition) is 5. The van der Waals surface area contributed by atoms with Gasteiger partial charge in [0.25, 0.3) is 0 Å². The van der Waals surface area contributed by atoms with Crippen LogP contribution in [0.1, 0.15) is 19.8 Å². The number of amidine groups is 1. The molecule has 0 spiro atoms. The van der Waals surface area contributed by atoms with E-state index in [1.807, 2.05) is 0 Å². The maximum Gasteiger partial charge on any atom is 0.140 e. The summed E-state index contributed by atoms with van der Waals surface area (Å²) in [4.78, 5) is 2.22. The second-order valence-corrected chi connectivity index (χ2v) is 4.03. The lowest BCUT2D eigenvalue weighted by molar-refractivity contribution is -0.0644. The Morgan fingerprint density at radius 2 is 2.44 bits per heavy atom. The first-order valence-corrected chi connectivity index (χ1v) is 5.64. The van der Waals surface area contributed by atoms with E-state index in [9.17, 15) is 0 Å². The molecule has 0 aromatic heterocycles. The minimum atomic E-state index is -0.116. The van der Waals surface area contributed by atoms with E-state index in [4.69, 9.17) is 20.8 Å². The highest BCUT2D eigenvalue weighted by Gasteiger charge is 2.25. The average Bonchev–Trinajstić information content (AvgIpc) is 2.35. The lowest BCUT2D eigenvalue weighted by Gasteiger charge is -2.37.